The molecule has 2 rings (SSSR count). The Morgan fingerprint density at radius 3 is 2.42 bits per heavy atom. The molecular weight excluding hydrogens is 254 g/mol. The number of benzene rings is 2. The normalized spacial score (nSPS) is 9.74. The van der Waals surface area contributed by atoms with Crippen molar-refractivity contribution in [1.29, 1.82) is 0 Å². The van der Waals surface area contributed by atoms with Crippen molar-refractivity contribution in [3.8, 4) is 11.8 Å². The summed E-state index contributed by atoms with van der Waals surface area (Å²) in [4.78, 5) is 0. The highest BCUT2D eigenvalue weighted by atomic mass is 35.5. The lowest BCUT2D eigenvalue weighted by molar-refractivity contribution is 0.753. The van der Waals surface area contributed by atoms with Gasteiger partial charge in [0.1, 0.15) is 0 Å². The number of hydrogen-bond acceptors (Lipinski definition) is 1. The SMILES string of the molecule is Clc1ccc(CCNCC#Cc2ccccc2)cc1. The van der Waals surface area contributed by atoms with Gasteiger partial charge in [-0.2, -0.15) is 0 Å². The highest BCUT2D eigenvalue weighted by molar-refractivity contribution is 6.30. The van der Waals surface area contributed by atoms with Crippen LogP contribution in [0.2, 0.25) is 5.02 Å². The van der Waals surface area contributed by atoms with E-state index in [1.807, 2.05) is 42.5 Å². The van der Waals surface area contributed by atoms with E-state index in [1.54, 1.807) is 0 Å². The van der Waals surface area contributed by atoms with Gasteiger partial charge in [0.05, 0.1) is 6.54 Å². The predicted octanol–water partition coefficient (Wildman–Crippen LogP) is 3.52. The number of nitrogens with one attached hydrogen (secondary N) is 1. The minimum atomic E-state index is 0.711. The van der Waals surface area contributed by atoms with E-state index in [2.05, 4.69) is 29.3 Å². The van der Waals surface area contributed by atoms with Crippen molar-refractivity contribution in [3.63, 3.8) is 0 Å². The molecular formula is C17H16ClN. The molecule has 1 nitrogen and oxygen atoms in total. The molecule has 2 heteroatoms. The maximum Gasteiger partial charge on any atom is 0.0580 e. The lowest BCUT2D eigenvalue weighted by Crippen LogP contribution is -2.17. The van der Waals surface area contributed by atoms with E-state index in [-0.39, 0.29) is 0 Å². The van der Waals surface area contributed by atoms with E-state index >= 15 is 0 Å². The molecule has 2 aromatic rings. The van der Waals surface area contributed by atoms with Gasteiger partial charge in [-0.3, -0.25) is 0 Å². The van der Waals surface area contributed by atoms with Crippen molar-refractivity contribution in [1.82, 2.24) is 5.32 Å². The first-order valence-corrected chi connectivity index (χ1v) is 6.71. The predicted molar refractivity (Wildman–Crippen MR) is 81.3 cm³/mol. The zero-order valence-electron chi connectivity index (χ0n) is 10.7. The van der Waals surface area contributed by atoms with Gasteiger partial charge in [0.25, 0.3) is 0 Å². The fourth-order valence-corrected chi connectivity index (χ4v) is 1.83. The van der Waals surface area contributed by atoms with Crippen molar-refractivity contribution in [3.05, 3.63) is 70.7 Å². The minimum Gasteiger partial charge on any atom is -0.306 e. The smallest absolute Gasteiger partial charge is 0.0580 e. The Labute approximate surface area is 119 Å². The fraction of sp³-hybridized carbons (Fsp3) is 0.176. The molecule has 0 aliphatic heterocycles. The van der Waals surface area contributed by atoms with Crippen molar-refractivity contribution >= 4 is 11.6 Å². The van der Waals surface area contributed by atoms with Crippen LogP contribution in [0.1, 0.15) is 11.1 Å². The molecule has 0 fully saturated rings. The van der Waals surface area contributed by atoms with Gasteiger partial charge in [0.2, 0.25) is 0 Å². The van der Waals surface area contributed by atoms with Gasteiger partial charge in [-0.25, -0.2) is 0 Å². The third-order valence-electron chi connectivity index (χ3n) is 2.72. The van der Waals surface area contributed by atoms with Crippen LogP contribution in [0, 0.1) is 11.8 Å². The second-order valence-corrected chi connectivity index (χ2v) is 4.66. The van der Waals surface area contributed by atoms with Gasteiger partial charge in [0, 0.05) is 17.1 Å². The van der Waals surface area contributed by atoms with Crippen molar-refractivity contribution in [2.75, 3.05) is 13.1 Å². The maximum absolute atomic E-state index is 5.84. The van der Waals surface area contributed by atoms with E-state index in [9.17, 15) is 0 Å². The first-order valence-electron chi connectivity index (χ1n) is 6.34. The molecule has 0 spiro atoms. The third kappa shape index (κ3) is 5.18. The third-order valence-corrected chi connectivity index (χ3v) is 2.98. The van der Waals surface area contributed by atoms with Gasteiger partial charge in [-0.15, -0.1) is 0 Å². The summed E-state index contributed by atoms with van der Waals surface area (Å²) in [7, 11) is 0. The van der Waals surface area contributed by atoms with E-state index in [0.29, 0.717) is 6.54 Å². The van der Waals surface area contributed by atoms with Crippen LogP contribution in [-0.4, -0.2) is 13.1 Å². The Hall–Kier alpha value is -1.75. The van der Waals surface area contributed by atoms with Gasteiger partial charge in [0.15, 0.2) is 0 Å². The fourth-order valence-electron chi connectivity index (χ4n) is 1.70. The lowest BCUT2D eigenvalue weighted by Gasteiger charge is -2.01. The highest BCUT2D eigenvalue weighted by Crippen LogP contribution is 2.09. The zero-order valence-corrected chi connectivity index (χ0v) is 11.5. The van der Waals surface area contributed by atoms with Crippen molar-refractivity contribution in [2.45, 2.75) is 6.42 Å². The first-order chi connectivity index (χ1) is 9.34. The highest BCUT2D eigenvalue weighted by Gasteiger charge is 1.92. The Morgan fingerprint density at radius 2 is 1.68 bits per heavy atom. The second-order valence-electron chi connectivity index (χ2n) is 4.22. The van der Waals surface area contributed by atoms with Gasteiger partial charge in [-0.05, 0) is 36.2 Å². The number of rotatable bonds is 4. The maximum atomic E-state index is 5.84. The first kappa shape index (κ1) is 13.7. The molecule has 0 bridgehead atoms. The van der Waals surface area contributed by atoms with Crippen LogP contribution in [0.15, 0.2) is 54.6 Å². The van der Waals surface area contributed by atoms with Gasteiger partial charge in [-0.1, -0.05) is 53.8 Å². The summed E-state index contributed by atoms with van der Waals surface area (Å²) in [6.45, 7) is 1.63. The Morgan fingerprint density at radius 1 is 0.947 bits per heavy atom. The van der Waals surface area contributed by atoms with Crippen LogP contribution < -0.4 is 5.32 Å². The zero-order chi connectivity index (χ0) is 13.3. The summed E-state index contributed by atoms with van der Waals surface area (Å²) < 4.78 is 0. The van der Waals surface area contributed by atoms with E-state index in [0.717, 1.165) is 23.6 Å². The Kier molecular flexibility index (Phi) is 5.49. The average molecular weight is 270 g/mol. The van der Waals surface area contributed by atoms with Crippen molar-refractivity contribution < 1.29 is 0 Å². The summed E-state index contributed by atoms with van der Waals surface area (Å²) in [5.41, 5.74) is 2.34. The standard InChI is InChI=1S/C17H16ClN/c18-17-10-8-16(9-11-17)12-14-19-13-4-7-15-5-2-1-3-6-15/h1-3,5-6,8-11,19H,12-14H2. The van der Waals surface area contributed by atoms with Crippen LogP contribution in [0.3, 0.4) is 0 Å². The van der Waals surface area contributed by atoms with E-state index in [1.165, 1.54) is 5.56 Å². The largest absolute Gasteiger partial charge is 0.306 e. The summed E-state index contributed by atoms with van der Waals surface area (Å²) in [5.74, 6) is 6.24. The topological polar surface area (TPSA) is 12.0 Å². The van der Waals surface area contributed by atoms with Crippen LogP contribution >= 0.6 is 11.6 Å². The molecule has 0 radical (unpaired) electrons. The molecule has 19 heavy (non-hydrogen) atoms. The van der Waals surface area contributed by atoms with E-state index < -0.39 is 0 Å². The van der Waals surface area contributed by atoms with E-state index in [4.69, 9.17) is 11.6 Å². The molecule has 0 amide bonds. The molecule has 0 aliphatic rings. The molecule has 0 aliphatic carbocycles. The average Bonchev–Trinajstić information content (AvgIpc) is 2.46. The number of halogens is 1. The van der Waals surface area contributed by atoms with Crippen molar-refractivity contribution in [2.24, 2.45) is 0 Å². The summed E-state index contributed by atoms with van der Waals surface area (Å²) >= 11 is 5.84. The van der Waals surface area contributed by atoms with Crippen LogP contribution in [0.25, 0.3) is 0 Å². The minimum absolute atomic E-state index is 0.711. The molecule has 0 heterocycles. The van der Waals surface area contributed by atoms with Gasteiger partial charge < -0.3 is 5.32 Å². The molecule has 0 saturated carbocycles. The molecule has 96 valence electrons. The molecule has 1 N–H and O–H groups in total. The molecule has 0 unspecified atom stereocenters. The Bertz CT molecular complexity index is 549. The summed E-state index contributed by atoms with van der Waals surface area (Å²) in [6.07, 6.45) is 0.990. The molecule has 0 atom stereocenters. The lowest BCUT2D eigenvalue weighted by atomic mass is 10.1. The number of hydrogen-bond donors (Lipinski definition) is 1. The summed E-state index contributed by atoms with van der Waals surface area (Å²) in [5, 5.41) is 4.09. The molecule has 0 saturated heterocycles. The molecule has 0 aromatic heterocycles. The van der Waals surface area contributed by atoms with Crippen LogP contribution in [0.5, 0.6) is 0 Å². The molecule has 2 aromatic carbocycles. The summed E-state index contributed by atoms with van der Waals surface area (Å²) in [6, 6.07) is 18.0. The Balaban J connectivity index is 1.68. The van der Waals surface area contributed by atoms with Crippen LogP contribution in [-0.2, 0) is 6.42 Å². The second kappa shape index (κ2) is 7.63. The van der Waals surface area contributed by atoms with Crippen LogP contribution in [0.4, 0.5) is 0 Å². The van der Waals surface area contributed by atoms with Gasteiger partial charge >= 0.3 is 0 Å². The quantitative estimate of drug-likeness (QED) is 0.661. The monoisotopic (exact) mass is 269 g/mol.